The Morgan fingerprint density at radius 1 is 1.31 bits per heavy atom. The average molecular weight is 378 g/mol. The van der Waals surface area contributed by atoms with E-state index in [1.807, 2.05) is 24.3 Å². The van der Waals surface area contributed by atoms with Crippen LogP contribution in [0.25, 0.3) is 11.4 Å². The minimum absolute atomic E-state index is 0.0111. The van der Waals surface area contributed by atoms with E-state index in [0.717, 1.165) is 11.3 Å². The Hall–Kier alpha value is -2.19. The van der Waals surface area contributed by atoms with Crippen molar-refractivity contribution in [3.63, 3.8) is 0 Å². The molecule has 0 aliphatic heterocycles. The molecule has 0 fully saturated rings. The minimum Gasteiger partial charge on any atom is -0.497 e. The predicted molar refractivity (Wildman–Crippen MR) is 103 cm³/mol. The average Bonchev–Trinajstić information content (AvgIpc) is 2.99. The molecular weight excluding hydrogens is 352 g/mol. The highest BCUT2D eigenvalue weighted by Gasteiger charge is 2.18. The zero-order valence-electron chi connectivity index (χ0n) is 15.7. The summed E-state index contributed by atoms with van der Waals surface area (Å²) in [5.74, 6) is 1.74. The number of nitrogens with zero attached hydrogens (tertiary/aromatic N) is 3. The maximum Gasteiger partial charge on any atom is 0.242 e. The summed E-state index contributed by atoms with van der Waals surface area (Å²) < 4.78 is 12.4. The lowest BCUT2D eigenvalue weighted by molar-refractivity contribution is -0.133. The molecule has 7 nitrogen and oxygen atoms in total. The molecule has 1 heterocycles. The van der Waals surface area contributed by atoms with Crippen LogP contribution >= 0.6 is 12.2 Å². The molecule has 1 aromatic carbocycles. The van der Waals surface area contributed by atoms with Crippen LogP contribution in [0.1, 0.15) is 13.8 Å². The number of carbonyl (C=O) groups is 1. The molecule has 0 radical (unpaired) electrons. The van der Waals surface area contributed by atoms with E-state index in [1.165, 1.54) is 0 Å². The van der Waals surface area contributed by atoms with Gasteiger partial charge in [0.05, 0.1) is 13.7 Å². The molecule has 26 heavy (non-hydrogen) atoms. The molecule has 0 saturated carbocycles. The molecule has 2 aromatic rings. The monoisotopic (exact) mass is 378 g/mol. The van der Waals surface area contributed by atoms with E-state index in [4.69, 9.17) is 21.7 Å². The second-order valence-electron chi connectivity index (χ2n) is 6.39. The molecule has 0 unspecified atom stereocenters. The Balaban J connectivity index is 2.23. The molecule has 0 spiro atoms. The van der Waals surface area contributed by atoms with Gasteiger partial charge in [0.25, 0.3) is 0 Å². The van der Waals surface area contributed by atoms with Gasteiger partial charge in [-0.05, 0) is 42.4 Å². The van der Waals surface area contributed by atoms with Crippen LogP contribution < -0.4 is 4.74 Å². The summed E-state index contributed by atoms with van der Waals surface area (Å²) >= 11 is 5.33. The van der Waals surface area contributed by atoms with Crippen molar-refractivity contribution in [2.24, 2.45) is 5.92 Å². The number of H-pyrrole nitrogens is 1. The first-order valence-corrected chi connectivity index (χ1v) is 8.93. The maximum absolute atomic E-state index is 12.8. The fraction of sp³-hybridized carbons (Fsp3) is 0.500. The third-order valence-electron chi connectivity index (χ3n) is 3.90. The molecule has 2 rings (SSSR count). The van der Waals surface area contributed by atoms with Gasteiger partial charge >= 0.3 is 0 Å². The number of hydrogen-bond donors (Lipinski definition) is 1. The number of amides is 1. The van der Waals surface area contributed by atoms with Gasteiger partial charge in [-0.2, -0.15) is 5.10 Å². The van der Waals surface area contributed by atoms with Gasteiger partial charge in [0, 0.05) is 25.8 Å². The molecule has 0 saturated heterocycles. The van der Waals surface area contributed by atoms with E-state index < -0.39 is 0 Å². The number of carbonyl (C=O) groups excluding carboxylic acids is 1. The number of aromatic amines is 1. The number of aromatic nitrogens is 3. The zero-order chi connectivity index (χ0) is 19.1. The normalized spacial score (nSPS) is 11.0. The van der Waals surface area contributed by atoms with Gasteiger partial charge in [-0.25, -0.2) is 0 Å². The van der Waals surface area contributed by atoms with Crippen LogP contribution in [0.3, 0.4) is 0 Å². The van der Waals surface area contributed by atoms with E-state index in [9.17, 15) is 4.79 Å². The number of nitrogens with one attached hydrogen (secondary N) is 1. The Bertz CT molecular complexity index is 767. The summed E-state index contributed by atoms with van der Waals surface area (Å²) in [7, 11) is 3.25. The van der Waals surface area contributed by atoms with Gasteiger partial charge in [-0.15, -0.1) is 0 Å². The van der Waals surface area contributed by atoms with Gasteiger partial charge in [0.2, 0.25) is 5.91 Å². The molecule has 1 aromatic heterocycles. The summed E-state index contributed by atoms with van der Waals surface area (Å²) in [5.41, 5.74) is 0.859. The number of benzene rings is 1. The molecule has 0 aliphatic rings. The fourth-order valence-corrected chi connectivity index (χ4v) is 2.82. The number of ether oxygens (including phenoxy) is 2. The van der Waals surface area contributed by atoms with Gasteiger partial charge in [0.1, 0.15) is 12.3 Å². The van der Waals surface area contributed by atoms with Crippen molar-refractivity contribution >= 4 is 18.1 Å². The lowest BCUT2D eigenvalue weighted by atomic mass is 10.2. The predicted octanol–water partition coefficient (Wildman–Crippen LogP) is 2.75. The topological polar surface area (TPSA) is 72.4 Å². The van der Waals surface area contributed by atoms with Crippen molar-refractivity contribution in [3.05, 3.63) is 29.0 Å². The van der Waals surface area contributed by atoms with Crippen LogP contribution in [0.5, 0.6) is 5.75 Å². The second-order valence-corrected chi connectivity index (χ2v) is 6.78. The van der Waals surface area contributed by atoms with Crippen LogP contribution in [0.15, 0.2) is 24.3 Å². The fourth-order valence-electron chi connectivity index (χ4n) is 2.62. The lowest BCUT2D eigenvalue weighted by Gasteiger charge is -2.24. The minimum atomic E-state index is -0.0111. The van der Waals surface area contributed by atoms with Crippen molar-refractivity contribution in [2.45, 2.75) is 20.4 Å². The van der Waals surface area contributed by atoms with Gasteiger partial charge in [-0.3, -0.25) is 14.5 Å². The zero-order valence-corrected chi connectivity index (χ0v) is 16.5. The Morgan fingerprint density at radius 3 is 2.58 bits per heavy atom. The SMILES string of the molecule is COCCN(CC(C)C)C(=O)Cn1c(-c2ccc(OC)cc2)n[nH]c1=S. The Kier molecular flexibility index (Phi) is 7.35. The summed E-state index contributed by atoms with van der Waals surface area (Å²) in [6, 6.07) is 7.48. The van der Waals surface area contributed by atoms with E-state index in [-0.39, 0.29) is 12.5 Å². The van der Waals surface area contributed by atoms with E-state index in [1.54, 1.807) is 23.7 Å². The summed E-state index contributed by atoms with van der Waals surface area (Å²) in [4.78, 5) is 14.6. The van der Waals surface area contributed by atoms with E-state index in [0.29, 0.717) is 36.2 Å². The van der Waals surface area contributed by atoms with Crippen molar-refractivity contribution in [2.75, 3.05) is 33.9 Å². The molecule has 142 valence electrons. The van der Waals surface area contributed by atoms with Gasteiger partial charge < -0.3 is 14.4 Å². The number of hydrogen-bond acceptors (Lipinski definition) is 5. The molecule has 0 bridgehead atoms. The van der Waals surface area contributed by atoms with Crippen LogP contribution in [-0.4, -0.2) is 59.5 Å². The third kappa shape index (κ3) is 5.15. The third-order valence-corrected chi connectivity index (χ3v) is 4.22. The maximum atomic E-state index is 12.8. The summed E-state index contributed by atoms with van der Waals surface area (Å²) in [5, 5.41) is 7.07. The van der Waals surface area contributed by atoms with Crippen LogP contribution in [0.4, 0.5) is 0 Å². The largest absolute Gasteiger partial charge is 0.497 e. The molecule has 0 aliphatic carbocycles. The highest BCUT2D eigenvalue weighted by molar-refractivity contribution is 7.71. The summed E-state index contributed by atoms with van der Waals surface area (Å²) in [6.45, 7) is 6.02. The van der Waals surface area contributed by atoms with Gasteiger partial charge in [-0.1, -0.05) is 13.8 Å². The van der Waals surface area contributed by atoms with Crippen molar-refractivity contribution in [1.29, 1.82) is 0 Å². The Labute approximate surface area is 158 Å². The van der Waals surface area contributed by atoms with Crippen molar-refractivity contribution in [1.82, 2.24) is 19.7 Å². The van der Waals surface area contributed by atoms with E-state index >= 15 is 0 Å². The first-order valence-electron chi connectivity index (χ1n) is 8.52. The quantitative estimate of drug-likeness (QED) is 0.679. The smallest absolute Gasteiger partial charge is 0.242 e. The second kappa shape index (κ2) is 9.49. The first-order chi connectivity index (χ1) is 12.5. The van der Waals surface area contributed by atoms with E-state index in [2.05, 4.69) is 24.0 Å². The molecule has 1 N–H and O–H groups in total. The number of rotatable bonds is 9. The van der Waals surface area contributed by atoms with Crippen molar-refractivity contribution in [3.8, 4) is 17.1 Å². The van der Waals surface area contributed by atoms with Gasteiger partial charge in [0.15, 0.2) is 10.6 Å². The Morgan fingerprint density at radius 2 is 2.00 bits per heavy atom. The molecule has 0 atom stereocenters. The standard InChI is InChI=1S/C18H26N4O3S/c1-13(2)11-21(9-10-24-3)16(23)12-22-17(19-20-18(22)26)14-5-7-15(25-4)8-6-14/h5-8,13H,9-12H2,1-4H3,(H,20,26). The van der Waals surface area contributed by atoms with Crippen LogP contribution in [-0.2, 0) is 16.1 Å². The number of methoxy groups -OCH3 is 2. The molecule has 8 heteroatoms. The molecular formula is C18H26N4O3S. The van der Waals surface area contributed by atoms with Crippen LogP contribution in [0, 0.1) is 10.7 Å². The first kappa shape index (κ1) is 20.1. The summed E-state index contributed by atoms with van der Waals surface area (Å²) in [6.07, 6.45) is 0. The van der Waals surface area contributed by atoms with Crippen molar-refractivity contribution < 1.29 is 14.3 Å². The lowest BCUT2D eigenvalue weighted by Crippen LogP contribution is -2.38. The highest BCUT2D eigenvalue weighted by atomic mass is 32.1. The molecule has 1 amide bonds. The highest BCUT2D eigenvalue weighted by Crippen LogP contribution is 2.21. The van der Waals surface area contributed by atoms with Crippen LogP contribution in [0.2, 0.25) is 0 Å².